The Kier molecular flexibility index (Phi) is 4.96. The summed E-state index contributed by atoms with van der Waals surface area (Å²) in [5.41, 5.74) is 3.04. The van der Waals surface area contributed by atoms with Crippen molar-refractivity contribution in [3.8, 4) is 17.3 Å². The van der Waals surface area contributed by atoms with Crippen molar-refractivity contribution in [1.82, 2.24) is 4.98 Å². The molecule has 5 heteroatoms. The minimum atomic E-state index is 0.521. The van der Waals surface area contributed by atoms with Crippen LogP contribution in [0.15, 0.2) is 66.0 Å². The van der Waals surface area contributed by atoms with Gasteiger partial charge in [0.15, 0.2) is 0 Å². The molecule has 0 aliphatic heterocycles. The smallest absolute Gasteiger partial charge is 0.134 e. The maximum absolute atomic E-state index is 9.69. The van der Waals surface area contributed by atoms with E-state index >= 15 is 0 Å². The molecule has 0 saturated carbocycles. The van der Waals surface area contributed by atoms with E-state index in [0.29, 0.717) is 20.6 Å². The third-order valence-corrected chi connectivity index (χ3v) is 5.61. The lowest BCUT2D eigenvalue weighted by Crippen LogP contribution is -1.85. The molecular weight excluding hydrogens is 395 g/mol. The van der Waals surface area contributed by atoms with E-state index in [2.05, 4.69) is 29.3 Å². The van der Waals surface area contributed by atoms with E-state index < -0.39 is 0 Å². The summed E-state index contributed by atoms with van der Waals surface area (Å²) in [6, 6.07) is 21.7. The van der Waals surface area contributed by atoms with Crippen molar-refractivity contribution in [2.75, 3.05) is 0 Å². The van der Waals surface area contributed by atoms with Crippen LogP contribution in [-0.4, -0.2) is 4.98 Å². The normalized spacial score (nSPS) is 11.5. The van der Waals surface area contributed by atoms with Gasteiger partial charge in [-0.15, -0.1) is 11.3 Å². The third-order valence-electron chi connectivity index (χ3n) is 4.19. The highest BCUT2D eigenvalue weighted by molar-refractivity contribution is 7.11. The van der Waals surface area contributed by atoms with Crippen LogP contribution in [-0.2, 0) is 0 Å². The molecule has 2 nitrogen and oxygen atoms in total. The van der Waals surface area contributed by atoms with Crippen LogP contribution in [0.5, 0.6) is 0 Å². The fourth-order valence-corrected chi connectivity index (χ4v) is 4.18. The Morgan fingerprint density at radius 3 is 2.67 bits per heavy atom. The number of thiazole rings is 1. The molecule has 0 atom stereocenters. The van der Waals surface area contributed by atoms with Gasteiger partial charge in [0.2, 0.25) is 0 Å². The Balaban J connectivity index is 1.77. The molecule has 0 aliphatic rings. The fraction of sp³-hybridized carbons (Fsp3) is 0. The summed E-state index contributed by atoms with van der Waals surface area (Å²) >= 11 is 13.7. The van der Waals surface area contributed by atoms with Crippen LogP contribution in [0.1, 0.15) is 10.6 Å². The van der Waals surface area contributed by atoms with Crippen LogP contribution in [0, 0.1) is 11.3 Å². The van der Waals surface area contributed by atoms with Gasteiger partial charge >= 0.3 is 0 Å². The number of fused-ring (bicyclic) bond motifs is 1. The van der Waals surface area contributed by atoms with Crippen LogP contribution < -0.4 is 0 Å². The molecule has 0 saturated heterocycles. The van der Waals surface area contributed by atoms with Gasteiger partial charge in [-0.05, 0) is 40.6 Å². The number of hydrogen-bond acceptors (Lipinski definition) is 3. The molecule has 0 spiro atoms. The van der Waals surface area contributed by atoms with Crippen molar-refractivity contribution in [1.29, 1.82) is 5.26 Å². The van der Waals surface area contributed by atoms with Gasteiger partial charge in [-0.2, -0.15) is 5.26 Å². The molecule has 0 aliphatic carbocycles. The van der Waals surface area contributed by atoms with Crippen molar-refractivity contribution in [3.63, 3.8) is 0 Å². The lowest BCUT2D eigenvalue weighted by Gasteiger charge is -2.03. The Bertz CT molecular complexity index is 1210. The molecule has 4 rings (SSSR count). The van der Waals surface area contributed by atoms with Crippen molar-refractivity contribution in [2.45, 2.75) is 0 Å². The quantitative estimate of drug-likeness (QED) is 0.333. The first kappa shape index (κ1) is 17.8. The number of hydrogen-bond donors (Lipinski definition) is 0. The lowest BCUT2D eigenvalue weighted by molar-refractivity contribution is 1.37. The fourth-order valence-electron chi connectivity index (χ4n) is 2.89. The van der Waals surface area contributed by atoms with Gasteiger partial charge in [-0.25, -0.2) is 4.98 Å². The molecule has 0 unspecified atom stereocenters. The number of nitriles is 1. The minimum Gasteiger partial charge on any atom is -0.235 e. The monoisotopic (exact) mass is 406 g/mol. The van der Waals surface area contributed by atoms with E-state index in [1.165, 1.54) is 11.3 Å². The molecule has 4 aromatic rings. The first-order valence-corrected chi connectivity index (χ1v) is 9.80. The Labute approximate surface area is 170 Å². The summed E-state index contributed by atoms with van der Waals surface area (Å²) in [6.45, 7) is 0. The number of rotatable bonds is 3. The molecule has 0 N–H and O–H groups in total. The largest absolute Gasteiger partial charge is 0.235 e. The molecule has 130 valence electrons. The molecule has 3 aromatic carbocycles. The number of halogens is 2. The maximum atomic E-state index is 9.69. The van der Waals surface area contributed by atoms with Crippen molar-refractivity contribution in [2.24, 2.45) is 0 Å². The number of benzene rings is 3. The Morgan fingerprint density at radius 1 is 1.04 bits per heavy atom. The average molecular weight is 407 g/mol. The van der Waals surface area contributed by atoms with Crippen LogP contribution in [0.2, 0.25) is 10.0 Å². The Morgan fingerprint density at radius 2 is 1.85 bits per heavy atom. The van der Waals surface area contributed by atoms with Gasteiger partial charge in [0.25, 0.3) is 0 Å². The summed E-state index contributed by atoms with van der Waals surface area (Å²) in [5.74, 6) is 0. The zero-order chi connectivity index (χ0) is 18.8. The highest BCUT2D eigenvalue weighted by atomic mass is 35.5. The first-order chi connectivity index (χ1) is 13.2. The van der Waals surface area contributed by atoms with E-state index in [9.17, 15) is 5.26 Å². The Hall–Kier alpha value is -2.64. The molecule has 1 aromatic heterocycles. The highest BCUT2D eigenvalue weighted by Crippen LogP contribution is 2.33. The van der Waals surface area contributed by atoms with Gasteiger partial charge < -0.3 is 0 Å². The minimum absolute atomic E-state index is 0.521. The predicted octanol–water partition coefficient (Wildman–Crippen LogP) is 7.33. The summed E-state index contributed by atoms with van der Waals surface area (Å²) in [5, 5.41) is 15.6. The zero-order valence-corrected chi connectivity index (χ0v) is 16.3. The van der Waals surface area contributed by atoms with E-state index in [0.717, 1.165) is 27.6 Å². The summed E-state index contributed by atoms with van der Waals surface area (Å²) in [7, 11) is 0. The van der Waals surface area contributed by atoms with E-state index in [1.807, 2.05) is 41.8 Å². The topological polar surface area (TPSA) is 36.7 Å². The van der Waals surface area contributed by atoms with Gasteiger partial charge in [-0.1, -0.05) is 65.7 Å². The van der Waals surface area contributed by atoms with Crippen molar-refractivity contribution >= 4 is 57.0 Å². The van der Waals surface area contributed by atoms with Crippen LogP contribution >= 0.6 is 34.5 Å². The highest BCUT2D eigenvalue weighted by Gasteiger charge is 2.12. The standard InChI is InChI=1S/C22H12Cl2N2S/c23-17-8-9-19(20(24)11-17)21-13-27-22(26-21)16(12-25)10-15-6-3-5-14-4-1-2-7-18(14)15/h1-11,13H/b16-10-. The van der Waals surface area contributed by atoms with E-state index in [4.69, 9.17) is 23.2 Å². The summed E-state index contributed by atoms with van der Waals surface area (Å²) in [4.78, 5) is 4.62. The molecule has 0 amide bonds. The lowest BCUT2D eigenvalue weighted by atomic mass is 10.0. The maximum Gasteiger partial charge on any atom is 0.134 e. The van der Waals surface area contributed by atoms with Gasteiger partial charge in [0.05, 0.1) is 16.3 Å². The van der Waals surface area contributed by atoms with Crippen LogP contribution in [0.3, 0.4) is 0 Å². The number of nitrogens with zero attached hydrogens (tertiary/aromatic N) is 2. The summed E-state index contributed by atoms with van der Waals surface area (Å²) < 4.78 is 0. The van der Waals surface area contributed by atoms with Crippen LogP contribution in [0.4, 0.5) is 0 Å². The van der Waals surface area contributed by atoms with E-state index in [-0.39, 0.29) is 0 Å². The summed E-state index contributed by atoms with van der Waals surface area (Å²) in [6.07, 6.45) is 1.88. The van der Waals surface area contributed by atoms with E-state index in [1.54, 1.807) is 12.1 Å². The SMILES string of the molecule is N#C/C(=C/c1cccc2ccccc12)c1nc(-c2ccc(Cl)cc2Cl)cs1. The van der Waals surface area contributed by atoms with Gasteiger partial charge in [0.1, 0.15) is 11.1 Å². The van der Waals surface area contributed by atoms with Gasteiger partial charge in [-0.3, -0.25) is 0 Å². The number of allylic oxidation sites excluding steroid dienone is 1. The molecule has 0 bridgehead atoms. The second kappa shape index (κ2) is 7.54. The first-order valence-electron chi connectivity index (χ1n) is 8.16. The molecule has 27 heavy (non-hydrogen) atoms. The second-order valence-electron chi connectivity index (χ2n) is 5.90. The molecular formula is C22H12Cl2N2S. The van der Waals surface area contributed by atoms with Gasteiger partial charge in [0, 0.05) is 16.0 Å². The molecule has 0 fully saturated rings. The predicted molar refractivity (Wildman–Crippen MR) is 115 cm³/mol. The zero-order valence-electron chi connectivity index (χ0n) is 14.0. The molecule has 0 radical (unpaired) electrons. The van der Waals surface area contributed by atoms with Crippen LogP contribution in [0.25, 0.3) is 33.7 Å². The molecule has 1 heterocycles. The second-order valence-corrected chi connectivity index (χ2v) is 7.60. The van der Waals surface area contributed by atoms with Crippen molar-refractivity contribution < 1.29 is 0 Å². The van der Waals surface area contributed by atoms with Crippen molar-refractivity contribution in [3.05, 3.63) is 86.7 Å². The average Bonchev–Trinajstić information content (AvgIpc) is 3.15. The third kappa shape index (κ3) is 3.61. The number of aromatic nitrogens is 1.